The molecule has 8 nitrogen and oxygen atoms in total. The van der Waals surface area contributed by atoms with Crippen LogP contribution < -0.4 is 14.8 Å². The predicted octanol–water partition coefficient (Wildman–Crippen LogP) is 5.45. The van der Waals surface area contributed by atoms with Gasteiger partial charge in [-0.15, -0.1) is 0 Å². The molecule has 1 N–H and O–H groups in total. The highest BCUT2D eigenvalue weighted by atomic mass is 32.2. The van der Waals surface area contributed by atoms with Crippen LogP contribution in [0.2, 0.25) is 0 Å². The number of aromatic nitrogens is 2. The minimum absolute atomic E-state index is 0.265. The van der Waals surface area contributed by atoms with Crippen molar-refractivity contribution in [1.29, 1.82) is 5.26 Å². The Bertz CT molecular complexity index is 1210. The van der Waals surface area contributed by atoms with Crippen molar-refractivity contribution in [2.45, 2.75) is 24.9 Å². The molecule has 3 rings (SSSR count). The number of hydrogen-bond donors (Lipinski definition) is 1. The van der Waals surface area contributed by atoms with Crippen molar-refractivity contribution in [3.63, 3.8) is 0 Å². The summed E-state index contributed by atoms with van der Waals surface area (Å²) in [5.41, 5.74) is 2.42. The third-order valence-electron chi connectivity index (χ3n) is 4.93. The zero-order chi connectivity index (χ0) is 24.5. The SMILES string of the molecule is CCCCOC(=O)c1cccc(Nc2nc(SC)nc(-c3ccc(OC)c(OC)c3)c2C#N)c1. The lowest BCUT2D eigenvalue weighted by Gasteiger charge is -2.14. The molecule has 1 heterocycles. The van der Waals surface area contributed by atoms with Crippen LogP contribution in [0, 0.1) is 11.3 Å². The molecule has 0 radical (unpaired) electrons. The van der Waals surface area contributed by atoms with E-state index in [-0.39, 0.29) is 5.56 Å². The minimum atomic E-state index is -0.392. The van der Waals surface area contributed by atoms with E-state index in [2.05, 4.69) is 21.4 Å². The number of hydrogen-bond acceptors (Lipinski definition) is 9. The van der Waals surface area contributed by atoms with Gasteiger partial charge in [-0.1, -0.05) is 31.2 Å². The number of methoxy groups -OCH3 is 2. The number of anilines is 2. The number of carbonyl (C=O) groups excluding carboxylic acids is 1. The molecule has 176 valence electrons. The molecule has 0 saturated heterocycles. The standard InChI is InChI=1S/C25H26N4O4S/c1-5-6-12-33-24(30)17-8-7-9-18(13-17)27-23-19(15-26)22(28-25(29-23)34-4)16-10-11-20(31-2)21(14-16)32-3/h7-11,13-14H,5-6,12H2,1-4H3,(H,27,28,29). The monoisotopic (exact) mass is 478 g/mol. The summed E-state index contributed by atoms with van der Waals surface area (Å²) < 4.78 is 16.0. The van der Waals surface area contributed by atoms with Crippen LogP contribution in [0.4, 0.5) is 11.5 Å². The molecular weight excluding hydrogens is 452 g/mol. The van der Waals surface area contributed by atoms with Crippen molar-refractivity contribution in [2.24, 2.45) is 0 Å². The fourth-order valence-electron chi connectivity index (χ4n) is 3.17. The van der Waals surface area contributed by atoms with E-state index in [1.165, 1.54) is 11.8 Å². The van der Waals surface area contributed by atoms with Crippen LogP contribution >= 0.6 is 11.8 Å². The Hall–Kier alpha value is -3.77. The van der Waals surface area contributed by atoms with E-state index in [4.69, 9.17) is 14.2 Å². The third kappa shape index (κ3) is 5.77. The average molecular weight is 479 g/mol. The van der Waals surface area contributed by atoms with Gasteiger partial charge in [-0.05, 0) is 49.1 Å². The molecule has 0 unspecified atom stereocenters. The summed E-state index contributed by atoms with van der Waals surface area (Å²) in [6.07, 6.45) is 3.61. The quantitative estimate of drug-likeness (QED) is 0.176. The van der Waals surface area contributed by atoms with E-state index in [1.54, 1.807) is 50.6 Å². The van der Waals surface area contributed by atoms with E-state index in [9.17, 15) is 10.1 Å². The molecule has 34 heavy (non-hydrogen) atoms. The average Bonchev–Trinajstić information content (AvgIpc) is 2.87. The number of thioether (sulfide) groups is 1. The predicted molar refractivity (Wildman–Crippen MR) is 132 cm³/mol. The molecule has 0 aliphatic heterocycles. The molecule has 1 aromatic heterocycles. The second-order valence-electron chi connectivity index (χ2n) is 7.16. The molecular formula is C25H26N4O4S. The van der Waals surface area contributed by atoms with Crippen LogP contribution in [0.5, 0.6) is 11.5 Å². The third-order valence-corrected chi connectivity index (χ3v) is 5.48. The van der Waals surface area contributed by atoms with Crippen LogP contribution in [-0.2, 0) is 4.74 Å². The van der Waals surface area contributed by atoms with Gasteiger partial charge in [0.05, 0.1) is 32.1 Å². The lowest BCUT2D eigenvalue weighted by molar-refractivity contribution is 0.0500. The van der Waals surface area contributed by atoms with Gasteiger partial charge in [-0.2, -0.15) is 5.26 Å². The number of unbranched alkanes of at least 4 members (excludes halogenated alkanes) is 1. The number of carbonyl (C=O) groups is 1. The van der Waals surface area contributed by atoms with Gasteiger partial charge in [0.1, 0.15) is 11.6 Å². The van der Waals surface area contributed by atoms with Crippen molar-refractivity contribution in [2.75, 3.05) is 32.4 Å². The van der Waals surface area contributed by atoms with E-state index in [0.29, 0.717) is 51.6 Å². The fraction of sp³-hybridized carbons (Fsp3) is 0.280. The number of nitriles is 1. The second kappa shape index (κ2) is 11.9. The number of esters is 1. The molecule has 0 aliphatic rings. The van der Waals surface area contributed by atoms with Crippen LogP contribution in [0.1, 0.15) is 35.7 Å². The smallest absolute Gasteiger partial charge is 0.338 e. The molecule has 0 fully saturated rings. The lowest BCUT2D eigenvalue weighted by Crippen LogP contribution is -2.07. The van der Waals surface area contributed by atoms with Crippen molar-refractivity contribution in [3.8, 4) is 28.8 Å². The molecule has 0 spiro atoms. The van der Waals surface area contributed by atoms with Gasteiger partial charge < -0.3 is 19.5 Å². The largest absolute Gasteiger partial charge is 0.493 e. The van der Waals surface area contributed by atoms with Crippen molar-refractivity contribution in [1.82, 2.24) is 9.97 Å². The zero-order valence-electron chi connectivity index (χ0n) is 19.5. The molecule has 0 saturated carbocycles. The molecule has 0 atom stereocenters. The number of benzene rings is 2. The highest BCUT2D eigenvalue weighted by molar-refractivity contribution is 7.98. The van der Waals surface area contributed by atoms with Gasteiger partial charge in [0, 0.05) is 11.3 Å². The first kappa shape index (κ1) is 24.9. The first-order chi connectivity index (χ1) is 16.5. The summed E-state index contributed by atoms with van der Waals surface area (Å²) in [7, 11) is 3.11. The number of nitrogens with zero attached hydrogens (tertiary/aromatic N) is 3. The minimum Gasteiger partial charge on any atom is -0.493 e. The Morgan fingerprint density at radius 1 is 1.12 bits per heavy atom. The number of nitrogens with one attached hydrogen (secondary N) is 1. The van der Waals surface area contributed by atoms with Crippen molar-refractivity contribution >= 4 is 29.2 Å². The highest BCUT2D eigenvalue weighted by Gasteiger charge is 2.18. The summed E-state index contributed by atoms with van der Waals surface area (Å²) in [5.74, 6) is 1.04. The first-order valence-electron chi connectivity index (χ1n) is 10.7. The van der Waals surface area contributed by atoms with Crippen molar-refractivity contribution < 1.29 is 19.0 Å². The summed E-state index contributed by atoms with van der Waals surface area (Å²) >= 11 is 1.36. The van der Waals surface area contributed by atoms with Crippen LogP contribution in [0.25, 0.3) is 11.3 Å². The zero-order valence-corrected chi connectivity index (χ0v) is 20.4. The molecule has 9 heteroatoms. The Labute approximate surface area is 203 Å². The molecule has 0 aliphatic carbocycles. The van der Waals surface area contributed by atoms with E-state index >= 15 is 0 Å². The summed E-state index contributed by atoms with van der Waals surface area (Å²) in [4.78, 5) is 21.4. The maximum absolute atomic E-state index is 12.3. The van der Waals surface area contributed by atoms with Crippen LogP contribution in [0.15, 0.2) is 47.6 Å². The van der Waals surface area contributed by atoms with Gasteiger partial charge in [0.25, 0.3) is 0 Å². The van der Waals surface area contributed by atoms with E-state index in [1.807, 2.05) is 19.2 Å². The summed E-state index contributed by atoms with van der Waals surface area (Å²) in [6, 6.07) is 14.4. The van der Waals surface area contributed by atoms with Crippen LogP contribution in [0.3, 0.4) is 0 Å². The maximum Gasteiger partial charge on any atom is 0.338 e. The molecule has 3 aromatic rings. The van der Waals surface area contributed by atoms with Gasteiger partial charge in [-0.3, -0.25) is 0 Å². The Kier molecular flexibility index (Phi) is 8.71. The topological polar surface area (TPSA) is 106 Å². The van der Waals surface area contributed by atoms with E-state index in [0.717, 1.165) is 12.8 Å². The normalized spacial score (nSPS) is 10.3. The number of ether oxygens (including phenoxy) is 3. The second-order valence-corrected chi connectivity index (χ2v) is 7.93. The Morgan fingerprint density at radius 2 is 1.91 bits per heavy atom. The van der Waals surface area contributed by atoms with Gasteiger partial charge >= 0.3 is 5.97 Å². The molecule has 0 bridgehead atoms. The maximum atomic E-state index is 12.3. The van der Waals surface area contributed by atoms with Gasteiger partial charge in [0.2, 0.25) is 0 Å². The van der Waals surface area contributed by atoms with Gasteiger partial charge in [-0.25, -0.2) is 14.8 Å². The fourth-order valence-corrected chi connectivity index (χ4v) is 3.54. The van der Waals surface area contributed by atoms with Crippen LogP contribution in [-0.4, -0.2) is 43.0 Å². The van der Waals surface area contributed by atoms with Crippen molar-refractivity contribution in [3.05, 3.63) is 53.6 Å². The number of rotatable bonds is 10. The lowest BCUT2D eigenvalue weighted by atomic mass is 10.1. The molecule has 2 aromatic carbocycles. The Balaban J connectivity index is 2.00. The molecule has 0 amide bonds. The highest BCUT2D eigenvalue weighted by Crippen LogP contribution is 2.35. The Morgan fingerprint density at radius 3 is 2.59 bits per heavy atom. The summed E-state index contributed by atoms with van der Waals surface area (Å²) in [6.45, 7) is 2.41. The van der Waals surface area contributed by atoms with Gasteiger partial charge in [0.15, 0.2) is 22.5 Å². The van der Waals surface area contributed by atoms with E-state index < -0.39 is 5.97 Å². The summed E-state index contributed by atoms with van der Waals surface area (Å²) in [5, 5.41) is 13.6. The first-order valence-corrected chi connectivity index (χ1v) is 11.9.